The van der Waals surface area contributed by atoms with Crippen molar-refractivity contribution in [1.29, 1.82) is 0 Å². The normalized spacial score (nSPS) is 10.9. The Labute approximate surface area is 160 Å². The summed E-state index contributed by atoms with van der Waals surface area (Å²) in [5.41, 5.74) is 4.34. The number of amides is 2. The first-order valence-corrected chi connectivity index (χ1v) is 9.17. The number of aromatic nitrogens is 2. The standard InChI is InChI=1S/C20H29FN4O2/c1-6-25-16(4)18(15(3)23-25)13-24(9-10-27-5)20(26)22-12-17-8-7-14(2)19(21)11-17/h7-8,11H,6,9-10,12-13H2,1-5H3,(H,22,26). The second-order valence-corrected chi connectivity index (χ2v) is 6.62. The van der Waals surface area contributed by atoms with Crippen molar-refractivity contribution < 1.29 is 13.9 Å². The van der Waals surface area contributed by atoms with Crippen molar-refractivity contribution >= 4 is 6.03 Å². The van der Waals surface area contributed by atoms with Crippen LogP contribution in [0.3, 0.4) is 0 Å². The van der Waals surface area contributed by atoms with Crippen molar-refractivity contribution in [3.63, 3.8) is 0 Å². The number of urea groups is 1. The van der Waals surface area contributed by atoms with Gasteiger partial charge in [0.25, 0.3) is 0 Å². The third-order valence-corrected chi connectivity index (χ3v) is 4.71. The van der Waals surface area contributed by atoms with E-state index in [-0.39, 0.29) is 18.4 Å². The van der Waals surface area contributed by atoms with E-state index in [2.05, 4.69) is 10.4 Å². The van der Waals surface area contributed by atoms with Gasteiger partial charge >= 0.3 is 6.03 Å². The molecule has 1 aromatic heterocycles. The lowest BCUT2D eigenvalue weighted by Gasteiger charge is -2.23. The van der Waals surface area contributed by atoms with Gasteiger partial charge in [-0.15, -0.1) is 0 Å². The molecule has 0 aliphatic heterocycles. The van der Waals surface area contributed by atoms with E-state index < -0.39 is 0 Å². The average molecular weight is 376 g/mol. The van der Waals surface area contributed by atoms with E-state index in [1.807, 2.05) is 31.5 Å². The van der Waals surface area contributed by atoms with Gasteiger partial charge in [0.05, 0.1) is 18.8 Å². The molecule has 0 atom stereocenters. The number of nitrogens with one attached hydrogen (secondary N) is 1. The first-order valence-electron chi connectivity index (χ1n) is 9.17. The molecule has 0 saturated carbocycles. The molecule has 6 nitrogen and oxygen atoms in total. The van der Waals surface area contributed by atoms with Crippen LogP contribution >= 0.6 is 0 Å². The highest BCUT2D eigenvalue weighted by atomic mass is 19.1. The molecule has 2 amide bonds. The molecule has 2 aromatic rings. The Morgan fingerprint density at radius 1 is 1.33 bits per heavy atom. The highest BCUT2D eigenvalue weighted by Gasteiger charge is 2.19. The van der Waals surface area contributed by atoms with E-state index in [0.29, 0.717) is 25.3 Å². The molecule has 0 aliphatic carbocycles. The summed E-state index contributed by atoms with van der Waals surface area (Å²) in [6.07, 6.45) is 0. The van der Waals surface area contributed by atoms with Gasteiger partial charge in [-0.1, -0.05) is 12.1 Å². The smallest absolute Gasteiger partial charge is 0.318 e. The minimum Gasteiger partial charge on any atom is -0.383 e. The molecule has 2 rings (SSSR count). The van der Waals surface area contributed by atoms with Gasteiger partial charge in [-0.25, -0.2) is 9.18 Å². The Hall–Kier alpha value is -2.41. The molecule has 0 unspecified atom stereocenters. The van der Waals surface area contributed by atoms with Crippen LogP contribution in [0.4, 0.5) is 9.18 Å². The Bertz CT molecular complexity index is 789. The van der Waals surface area contributed by atoms with Crippen LogP contribution in [-0.2, 0) is 24.4 Å². The molecule has 27 heavy (non-hydrogen) atoms. The summed E-state index contributed by atoms with van der Waals surface area (Å²) >= 11 is 0. The van der Waals surface area contributed by atoms with Crippen LogP contribution < -0.4 is 5.32 Å². The van der Waals surface area contributed by atoms with Crippen LogP contribution in [0.2, 0.25) is 0 Å². The SMILES string of the molecule is CCn1nc(C)c(CN(CCOC)C(=O)NCc2ccc(C)c(F)c2)c1C. The molecule has 1 heterocycles. The Morgan fingerprint density at radius 3 is 2.67 bits per heavy atom. The summed E-state index contributed by atoms with van der Waals surface area (Å²) in [6, 6.07) is 4.77. The number of benzene rings is 1. The number of nitrogens with zero attached hydrogens (tertiary/aromatic N) is 3. The second-order valence-electron chi connectivity index (χ2n) is 6.62. The number of aryl methyl sites for hydroxylation is 3. The number of ether oxygens (including phenoxy) is 1. The lowest BCUT2D eigenvalue weighted by atomic mass is 10.1. The fourth-order valence-corrected chi connectivity index (χ4v) is 2.95. The van der Waals surface area contributed by atoms with E-state index in [1.54, 1.807) is 25.0 Å². The molecule has 148 valence electrons. The highest BCUT2D eigenvalue weighted by molar-refractivity contribution is 5.74. The molecule has 1 N–H and O–H groups in total. The summed E-state index contributed by atoms with van der Waals surface area (Å²) in [6.45, 7) is 10.1. The fourth-order valence-electron chi connectivity index (χ4n) is 2.95. The van der Waals surface area contributed by atoms with Gasteiger partial charge in [0, 0.05) is 38.0 Å². The summed E-state index contributed by atoms with van der Waals surface area (Å²) in [5.74, 6) is -0.267. The molecule has 0 spiro atoms. The lowest BCUT2D eigenvalue weighted by molar-refractivity contribution is 0.146. The molecule has 0 aliphatic rings. The summed E-state index contributed by atoms with van der Waals surface area (Å²) in [5, 5.41) is 7.39. The predicted molar refractivity (Wildman–Crippen MR) is 103 cm³/mol. The molecular formula is C20H29FN4O2. The van der Waals surface area contributed by atoms with Crippen molar-refractivity contribution in [1.82, 2.24) is 20.0 Å². The maximum atomic E-state index is 13.7. The third-order valence-electron chi connectivity index (χ3n) is 4.71. The second kappa shape index (κ2) is 9.50. The van der Waals surface area contributed by atoms with E-state index in [4.69, 9.17) is 4.74 Å². The fraction of sp³-hybridized carbons (Fsp3) is 0.500. The van der Waals surface area contributed by atoms with Crippen LogP contribution in [0.1, 0.15) is 35.0 Å². The number of carbonyl (C=O) groups is 1. The zero-order valence-corrected chi connectivity index (χ0v) is 16.8. The predicted octanol–water partition coefficient (Wildman–Crippen LogP) is 3.33. The zero-order valence-electron chi connectivity index (χ0n) is 16.8. The number of hydrogen-bond acceptors (Lipinski definition) is 3. The lowest BCUT2D eigenvalue weighted by Crippen LogP contribution is -2.41. The van der Waals surface area contributed by atoms with E-state index in [0.717, 1.165) is 29.1 Å². The number of carbonyl (C=O) groups excluding carboxylic acids is 1. The topological polar surface area (TPSA) is 59.4 Å². The zero-order chi connectivity index (χ0) is 20.0. The van der Waals surface area contributed by atoms with Gasteiger partial charge < -0.3 is 15.0 Å². The number of rotatable bonds is 8. The number of halogens is 1. The van der Waals surface area contributed by atoms with Crippen molar-refractivity contribution in [2.24, 2.45) is 0 Å². The number of methoxy groups -OCH3 is 1. The van der Waals surface area contributed by atoms with Gasteiger partial charge in [-0.2, -0.15) is 5.10 Å². The Balaban J connectivity index is 2.09. The maximum absolute atomic E-state index is 13.7. The summed E-state index contributed by atoms with van der Waals surface area (Å²) in [7, 11) is 1.61. The quantitative estimate of drug-likeness (QED) is 0.769. The maximum Gasteiger partial charge on any atom is 0.318 e. The van der Waals surface area contributed by atoms with E-state index in [9.17, 15) is 9.18 Å². The molecular weight excluding hydrogens is 347 g/mol. The number of hydrogen-bond donors (Lipinski definition) is 1. The van der Waals surface area contributed by atoms with Crippen molar-refractivity contribution in [3.8, 4) is 0 Å². The van der Waals surface area contributed by atoms with Crippen LogP contribution in [0, 0.1) is 26.6 Å². The molecule has 7 heteroatoms. The van der Waals surface area contributed by atoms with Gasteiger partial charge in [0.1, 0.15) is 5.82 Å². The van der Waals surface area contributed by atoms with Crippen molar-refractivity contribution in [3.05, 3.63) is 52.1 Å². The third kappa shape index (κ3) is 5.29. The average Bonchev–Trinajstić information content (AvgIpc) is 2.92. The first-order chi connectivity index (χ1) is 12.9. The van der Waals surface area contributed by atoms with Gasteiger partial charge in [-0.3, -0.25) is 4.68 Å². The van der Waals surface area contributed by atoms with Crippen LogP contribution in [0.15, 0.2) is 18.2 Å². The van der Waals surface area contributed by atoms with E-state index >= 15 is 0 Å². The van der Waals surface area contributed by atoms with Crippen molar-refractivity contribution in [2.45, 2.75) is 47.3 Å². The largest absolute Gasteiger partial charge is 0.383 e. The summed E-state index contributed by atoms with van der Waals surface area (Å²) in [4.78, 5) is 14.4. The molecule has 0 radical (unpaired) electrons. The molecule has 0 saturated heterocycles. The highest BCUT2D eigenvalue weighted by Crippen LogP contribution is 2.16. The first kappa shape index (κ1) is 20.9. The molecule has 0 bridgehead atoms. The minimum absolute atomic E-state index is 0.212. The van der Waals surface area contributed by atoms with Gasteiger partial charge in [0.15, 0.2) is 0 Å². The monoisotopic (exact) mass is 376 g/mol. The van der Waals surface area contributed by atoms with Gasteiger partial charge in [-0.05, 0) is 44.9 Å². The van der Waals surface area contributed by atoms with Gasteiger partial charge in [0.2, 0.25) is 0 Å². The molecule has 0 fully saturated rings. The molecule has 1 aromatic carbocycles. The summed E-state index contributed by atoms with van der Waals surface area (Å²) < 4.78 is 20.8. The van der Waals surface area contributed by atoms with E-state index in [1.165, 1.54) is 6.07 Å². The van der Waals surface area contributed by atoms with Crippen molar-refractivity contribution in [2.75, 3.05) is 20.3 Å². The van der Waals surface area contributed by atoms with Crippen LogP contribution in [-0.4, -0.2) is 41.0 Å². The van der Waals surface area contributed by atoms with Crippen LogP contribution in [0.25, 0.3) is 0 Å². The minimum atomic E-state index is -0.267. The Kier molecular flexibility index (Phi) is 7.36. The Morgan fingerprint density at radius 2 is 2.07 bits per heavy atom. The van der Waals surface area contributed by atoms with Crippen LogP contribution in [0.5, 0.6) is 0 Å².